The number of benzene rings is 3. The molecule has 1 atom stereocenters. The molecule has 0 aliphatic carbocycles. The second-order valence-electron chi connectivity index (χ2n) is 8.80. The molecule has 0 spiro atoms. The van der Waals surface area contributed by atoms with E-state index >= 15 is 0 Å². The average Bonchev–Trinajstić information content (AvgIpc) is 3.34. The molecule has 35 heavy (non-hydrogen) atoms. The number of rotatable bonds is 6. The van der Waals surface area contributed by atoms with Gasteiger partial charge < -0.3 is 14.7 Å². The number of ether oxygens (including phenoxy) is 1. The van der Waals surface area contributed by atoms with Gasteiger partial charge in [0, 0.05) is 17.7 Å². The highest BCUT2D eigenvalue weighted by Crippen LogP contribution is 2.46. The van der Waals surface area contributed by atoms with Crippen molar-refractivity contribution in [3.05, 3.63) is 100.0 Å². The third-order valence-corrected chi connectivity index (χ3v) is 6.31. The molecule has 178 valence electrons. The summed E-state index contributed by atoms with van der Waals surface area (Å²) in [5.74, 6) is 0.277. The second-order valence-corrected chi connectivity index (χ2v) is 8.80. The molecule has 5 rings (SSSR count). The van der Waals surface area contributed by atoms with Gasteiger partial charge in [-0.2, -0.15) is 5.10 Å². The van der Waals surface area contributed by atoms with Gasteiger partial charge in [-0.1, -0.05) is 30.3 Å². The number of halogens is 1. The molecular weight excluding hydrogens is 445 g/mol. The lowest BCUT2D eigenvalue weighted by atomic mass is 9.93. The van der Waals surface area contributed by atoms with Crippen molar-refractivity contribution in [1.82, 2.24) is 15.1 Å². The number of phenolic OH excluding ortho intramolecular Hbond substituents is 1. The Kier molecular flexibility index (Phi) is 5.76. The van der Waals surface area contributed by atoms with Crippen LogP contribution in [-0.2, 0) is 6.54 Å². The van der Waals surface area contributed by atoms with E-state index in [1.807, 2.05) is 51.1 Å². The van der Waals surface area contributed by atoms with Gasteiger partial charge in [0.15, 0.2) is 0 Å². The number of aryl methyl sites for hydroxylation is 2. The number of fused-ring (bicyclic) bond motifs is 1. The smallest absolute Gasteiger partial charge is 0.273 e. The van der Waals surface area contributed by atoms with Crippen LogP contribution in [-0.4, -0.2) is 32.7 Å². The first-order valence-electron chi connectivity index (χ1n) is 11.5. The highest BCUT2D eigenvalue weighted by atomic mass is 19.1. The molecule has 1 unspecified atom stereocenters. The van der Waals surface area contributed by atoms with Crippen LogP contribution >= 0.6 is 0 Å². The van der Waals surface area contributed by atoms with Gasteiger partial charge in [-0.3, -0.25) is 9.89 Å². The van der Waals surface area contributed by atoms with Crippen molar-refractivity contribution in [3.8, 4) is 22.8 Å². The van der Waals surface area contributed by atoms with Crippen molar-refractivity contribution in [3.63, 3.8) is 0 Å². The summed E-state index contributed by atoms with van der Waals surface area (Å²) in [7, 11) is 0. The Labute approximate surface area is 203 Å². The molecule has 0 bridgehead atoms. The minimum atomic E-state index is -0.475. The van der Waals surface area contributed by atoms with Crippen molar-refractivity contribution < 1.29 is 19.0 Å². The van der Waals surface area contributed by atoms with E-state index in [0.29, 0.717) is 34.9 Å². The number of carbonyl (C=O) groups excluding carboxylic acids is 1. The van der Waals surface area contributed by atoms with Crippen LogP contribution in [0.1, 0.15) is 51.3 Å². The SMILES string of the molecule is CCOc1cccc(C2c3c(-c4c(C)cc(C)cc4O)n[nH]c3C(=O)N2Cc2ccc(F)cc2)c1. The minimum absolute atomic E-state index is 0.114. The molecule has 1 aliphatic rings. The molecule has 1 aliphatic heterocycles. The molecule has 3 aromatic carbocycles. The maximum absolute atomic E-state index is 13.6. The summed E-state index contributed by atoms with van der Waals surface area (Å²) in [6, 6.07) is 17.0. The highest BCUT2D eigenvalue weighted by Gasteiger charge is 2.42. The summed E-state index contributed by atoms with van der Waals surface area (Å²) in [6.45, 7) is 6.55. The Bertz CT molecular complexity index is 1390. The van der Waals surface area contributed by atoms with Crippen molar-refractivity contribution in [1.29, 1.82) is 0 Å². The van der Waals surface area contributed by atoms with Crippen LogP contribution in [0, 0.1) is 19.7 Å². The van der Waals surface area contributed by atoms with Gasteiger partial charge in [-0.25, -0.2) is 4.39 Å². The lowest BCUT2D eigenvalue weighted by Crippen LogP contribution is -2.29. The zero-order valence-electron chi connectivity index (χ0n) is 19.8. The van der Waals surface area contributed by atoms with Crippen molar-refractivity contribution in [2.45, 2.75) is 33.4 Å². The molecule has 0 saturated heterocycles. The van der Waals surface area contributed by atoms with Crippen LogP contribution in [0.5, 0.6) is 11.5 Å². The van der Waals surface area contributed by atoms with Gasteiger partial charge in [-0.15, -0.1) is 0 Å². The van der Waals surface area contributed by atoms with Gasteiger partial charge in [-0.05, 0) is 73.4 Å². The molecule has 4 aromatic rings. The second kappa shape index (κ2) is 8.91. The van der Waals surface area contributed by atoms with Gasteiger partial charge in [0.25, 0.3) is 5.91 Å². The molecule has 0 saturated carbocycles. The molecule has 2 heterocycles. The van der Waals surface area contributed by atoms with E-state index < -0.39 is 6.04 Å². The molecule has 6 nitrogen and oxygen atoms in total. The molecule has 1 aromatic heterocycles. The van der Waals surface area contributed by atoms with E-state index in [2.05, 4.69) is 10.2 Å². The topological polar surface area (TPSA) is 78.5 Å². The standard InChI is InChI=1S/C28H26FN3O3/c1-4-35-21-7-5-6-19(14-21)27-24-25(23-17(3)12-16(2)13-22(23)33)30-31-26(24)28(34)32(27)15-18-8-10-20(29)11-9-18/h5-14,27,33H,4,15H2,1-3H3,(H,30,31). The van der Waals surface area contributed by atoms with E-state index in [1.54, 1.807) is 23.1 Å². The first-order valence-corrected chi connectivity index (χ1v) is 11.5. The fourth-order valence-electron chi connectivity index (χ4n) is 4.88. The fourth-order valence-corrected chi connectivity index (χ4v) is 4.88. The quantitative estimate of drug-likeness (QED) is 0.379. The first-order chi connectivity index (χ1) is 16.9. The summed E-state index contributed by atoms with van der Waals surface area (Å²) in [5, 5.41) is 18.2. The summed E-state index contributed by atoms with van der Waals surface area (Å²) in [6.07, 6.45) is 0. The minimum Gasteiger partial charge on any atom is -0.507 e. The third-order valence-electron chi connectivity index (χ3n) is 6.31. The molecule has 7 heteroatoms. The van der Waals surface area contributed by atoms with Crippen molar-refractivity contribution in [2.24, 2.45) is 0 Å². The number of carbonyl (C=O) groups is 1. The number of aromatic amines is 1. The van der Waals surface area contributed by atoms with Gasteiger partial charge in [0.1, 0.15) is 28.7 Å². The maximum Gasteiger partial charge on any atom is 0.273 e. The van der Waals surface area contributed by atoms with Crippen molar-refractivity contribution >= 4 is 5.91 Å². The Morgan fingerprint density at radius 1 is 1.11 bits per heavy atom. The predicted molar refractivity (Wildman–Crippen MR) is 131 cm³/mol. The number of hydrogen-bond acceptors (Lipinski definition) is 4. The van der Waals surface area contributed by atoms with Crippen molar-refractivity contribution in [2.75, 3.05) is 6.61 Å². The molecule has 2 N–H and O–H groups in total. The summed E-state index contributed by atoms with van der Waals surface area (Å²) < 4.78 is 19.2. The average molecular weight is 472 g/mol. The van der Waals surface area contributed by atoms with Gasteiger partial charge in [0.2, 0.25) is 0 Å². The van der Waals surface area contributed by atoms with Gasteiger partial charge in [0.05, 0.1) is 12.6 Å². The zero-order chi connectivity index (χ0) is 24.7. The number of H-pyrrole nitrogens is 1. The third kappa shape index (κ3) is 4.03. The summed E-state index contributed by atoms with van der Waals surface area (Å²) in [5.41, 5.74) is 5.68. The van der Waals surface area contributed by atoms with E-state index in [9.17, 15) is 14.3 Å². The first kappa shape index (κ1) is 22.7. The molecule has 0 radical (unpaired) electrons. The number of aromatic nitrogens is 2. The molecule has 0 fully saturated rings. The van der Waals surface area contributed by atoms with Crippen LogP contribution < -0.4 is 4.74 Å². The van der Waals surface area contributed by atoms with Crippen LogP contribution in [0.4, 0.5) is 4.39 Å². The Hall–Kier alpha value is -4.13. The van der Waals surface area contributed by atoms with Gasteiger partial charge >= 0.3 is 0 Å². The Morgan fingerprint density at radius 3 is 2.60 bits per heavy atom. The van der Waals surface area contributed by atoms with Crippen LogP contribution in [0.25, 0.3) is 11.3 Å². The predicted octanol–water partition coefficient (Wildman–Crippen LogP) is 5.68. The van der Waals surface area contributed by atoms with E-state index in [-0.39, 0.29) is 24.0 Å². The summed E-state index contributed by atoms with van der Waals surface area (Å²) >= 11 is 0. The van der Waals surface area contributed by atoms with Crippen LogP contribution in [0.15, 0.2) is 60.7 Å². The number of hydrogen-bond donors (Lipinski definition) is 2. The van der Waals surface area contributed by atoms with E-state index in [1.165, 1.54) is 12.1 Å². The Morgan fingerprint density at radius 2 is 1.89 bits per heavy atom. The fraction of sp³-hybridized carbons (Fsp3) is 0.214. The zero-order valence-corrected chi connectivity index (χ0v) is 19.8. The number of aromatic hydroxyl groups is 1. The number of phenols is 1. The highest BCUT2D eigenvalue weighted by molar-refractivity contribution is 6.00. The molecular formula is C28H26FN3O3. The summed E-state index contributed by atoms with van der Waals surface area (Å²) in [4.78, 5) is 15.4. The number of amides is 1. The lowest BCUT2D eigenvalue weighted by molar-refractivity contribution is 0.0730. The normalized spacial score (nSPS) is 14.9. The Balaban J connectivity index is 1.68. The molecule has 1 amide bonds. The number of nitrogens with zero attached hydrogens (tertiary/aromatic N) is 2. The maximum atomic E-state index is 13.6. The largest absolute Gasteiger partial charge is 0.507 e. The van der Waals surface area contributed by atoms with E-state index in [4.69, 9.17) is 4.74 Å². The van der Waals surface area contributed by atoms with Crippen LogP contribution in [0.3, 0.4) is 0 Å². The lowest BCUT2D eigenvalue weighted by Gasteiger charge is -2.27. The van der Waals surface area contributed by atoms with Crippen LogP contribution in [0.2, 0.25) is 0 Å². The number of nitrogens with one attached hydrogen (secondary N) is 1. The monoisotopic (exact) mass is 471 g/mol. The van der Waals surface area contributed by atoms with E-state index in [0.717, 1.165) is 22.3 Å².